The zero-order valence-electron chi connectivity index (χ0n) is 10.4. The zero-order chi connectivity index (χ0) is 14.3. The summed E-state index contributed by atoms with van der Waals surface area (Å²) in [6.07, 6.45) is 0.336. The lowest BCUT2D eigenvalue weighted by Gasteiger charge is -2.13. The monoisotopic (exact) mass is 285 g/mol. The molecule has 1 unspecified atom stereocenters. The largest absolute Gasteiger partial charge is 0.480 e. The van der Waals surface area contributed by atoms with Crippen LogP contribution in [0, 0.1) is 0 Å². The van der Waals surface area contributed by atoms with E-state index in [9.17, 15) is 14.4 Å². The molecule has 1 heterocycles. The summed E-state index contributed by atoms with van der Waals surface area (Å²) in [5, 5.41) is 17.0. The van der Waals surface area contributed by atoms with Gasteiger partial charge < -0.3 is 10.4 Å². The summed E-state index contributed by atoms with van der Waals surface area (Å²) in [4.78, 5) is 33.6. The lowest BCUT2D eigenvalue weighted by Crippen LogP contribution is -2.41. The lowest BCUT2D eigenvalue weighted by atomic mass is 10.2. The molecule has 1 amide bonds. The van der Waals surface area contributed by atoms with Gasteiger partial charge in [0.25, 0.3) is 11.5 Å². The summed E-state index contributed by atoms with van der Waals surface area (Å²) in [6.45, 7) is 1.98. The maximum atomic E-state index is 11.7. The molecule has 8 heteroatoms. The SMILES string of the molecule is CCSCCC(NC(=O)c1ccc(=O)[nH]n1)C(=O)O. The van der Waals surface area contributed by atoms with Crippen LogP contribution in [0.4, 0.5) is 0 Å². The van der Waals surface area contributed by atoms with Gasteiger partial charge in [-0.25, -0.2) is 9.89 Å². The topological polar surface area (TPSA) is 112 Å². The quantitative estimate of drug-likeness (QED) is 0.612. The molecular formula is C11H15N3O4S. The molecule has 1 atom stereocenters. The second-order valence-corrected chi connectivity index (χ2v) is 5.05. The van der Waals surface area contributed by atoms with Crippen LogP contribution in [0.1, 0.15) is 23.8 Å². The van der Waals surface area contributed by atoms with E-state index in [0.717, 1.165) is 11.8 Å². The van der Waals surface area contributed by atoms with E-state index >= 15 is 0 Å². The number of nitrogens with zero attached hydrogens (tertiary/aromatic N) is 1. The van der Waals surface area contributed by atoms with Gasteiger partial charge in [-0.05, 0) is 24.0 Å². The summed E-state index contributed by atoms with van der Waals surface area (Å²) in [5.41, 5.74) is -0.445. The van der Waals surface area contributed by atoms with Crippen molar-refractivity contribution < 1.29 is 14.7 Å². The van der Waals surface area contributed by atoms with E-state index in [-0.39, 0.29) is 5.69 Å². The van der Waals surface area contributed by atoms with Crippen LogP contribution in [-0.4, -0.2) is 44.7 Å². The van der Waals surface area contributed by atoms with Gasteiger partial charge in [0.05, 0.1) is 0 Å². The first-order valence-electron chi connectivity index (χ1n) is 5.71. The summed E-state index contributed by atoms with van der Waals surface area (Å²) in [5.74, 6) is -0.172. The number of amides is 1. The smallest absolute Gasteiger partial charge is 0.326 e. The van der Waals surface area contributed by atoms with Gasteiger partial charge in [0.15, 0.2) is 0 Å². The number of hydrogen-bond donors (Lipinski definition) is 3. The normalized spacial score (nSPS) is 11.8. The van der Waals surface area contributed by atoms with Crippen LogP contribution in [0.2, 0.25) is 0 Å². The number of H-pyrrole nitrogens is 1. The first-order chi connectivity index (χ1) is 9.04. The Bertz CT molecular complexity index is 482. The van der Waals surface area contributed by atoms with Gasteiger partial charge >= 0.3 is 5.97 Å². The van der Waals surface area contributed by atoms with E-state index in [1.807, 2.05) is 6.92 Å². The van der Waals surface area contributed by atoms with Crippen LogP contribution in [0.3, 0.4) is 0 Å². The van der Waals surface area contributed by atoms with E-state index in [1.165, 1.54) is 6.07 Å². The molecule has 3 N–H and O–H groups in total. The van der Waals surface area contributed by atoms with Gasteiger partial charge in [-0.2, -0.15) is 16.9 Å². The van der Waals surface area contributed by atoms with Crippen LogP contribution in [-0.2, 0) is 4.79 Å². The predicted octanol–water partition coefficient (Wildman–Crippen LogP) is 0.0961. The van der Waals surface area contributed by atoms with Crippen molar-refractivity contribution in [3.63, 3.8) is 0 Å². The molecule has 1 aromatic rings. The van der Waals surface area contributed by atoms with E-state index in [1.54, 1.807) is 11.8 Å². The highest BCUT2D eigenvalue weighted by atomic mass is 32.2. The molecule has 1 rings (SSSR count). The molecule has 0 aliphatic carbocycles. The number of rotatable bonds is 7. The van der Waals surface area contributed by atoms with Gasteiger partial charge in [0.1, 0.15) is 11.7 Å². The second kappa shape index (κ2) is 7.57. The average molecular weight is 285 g/mol. The molecule has 0 radical (unpaired) electrons. The summed E-state index contributed by atoms with van der Waals surface area (Å²) < 4.78 is 0. The van der Waals surface area contributed by atoms with Crippen molar-refractivity contribution in [1.82, 2.24) is 15.5 Å². The minimum absolute atomic E-state index is 0.0194. The molecule has 0 saturated carbocycles. The number of carbonyl (C=O) groups excluding carboxylic acids is 1. The molecule has 0 saturated heterocycles. The Morgan fingerprint density at radius 2 is 2.26 bits per heavy atom. The number of hydrogen-bond acceptors (Lipinski definition) is 5. The minimum atomic E-state index is -1.09. The van der Waals surface area contributed by atoms with E-state index < -0.39 is 23.5 Å². The van der Waals surface area contributed by atoms with E-state index in [2.05, 4.69) is 15.5 Å². The van der Waals surface area contributed by atoms with Gasteiger partial charge in [-0.15, -0.1) is 0 Å². The van der Waals surface area contributed by atoms with E-state index in [4.69, 9.17) is 5.11 Å². The first kappa shape index (κ1) is 15.2. The number of nitrogens with one attached hydrogen (secondary N) is 2. The van der Waals surface area contributed by atoms with Crippen molar-refractivity contribution in [2.45, 2.75) is 19.4 Å². The number of aromatic nitrogens is 2. The number of aromatic amines is 1. The van der Waals surface area contributed by atoms with E-state index in [0.29, 0.717) is 12.2 Å². The third-order valence-corrected chi connectivity index (χ3v) is 3.20. The second-order valence-electron chi connectivity index (χ2n) is 3.66. The minimum Gasteiger partial charge on any atom is -0.480 e. The third-order valence-electron chi connectivity index (χ3n) is 2.27. The van der Waals surface area contributed by atoms with Crippen molar-refractivity contribution in [3.8, 4) is 0 Å². The van der Waals surface area contributed by atoms with Crippen molar-refractivity contribution in [3.05, 3.63) is 28.2 Å². The fourth-order valence-corrected chi connectivity index (χ4v) is 2.00. The molecule has 0 fully saturated rings. The van der Waals surface area contributed by atoms with Crippen molar-refractivity contribution in [2.24, 2.45) is 0 Å². The van der Waals surface area contributed by atoms with Crippen molar-refractivity contribution in [1.29, 1.82) is 0 Å². The molecule has 19 heavy (non-hydrogen) atoms. The fraction of sp³-hybridized carbons (Fsp3) is 0.455. The maximum absolute atomic E-state index is 11.7. The Labute approximate surface area is 113 Å². The van der Waals surface area contributed by atoms with Crippen LogP contribution < -0.4 is 10.9 Å². The van der Waals surface area contributed by atoms with Gasteiger partial charge in [-0.3, -0.25) is 9.59 Å². The third kappa shape index (κ3) is 5.12. The number of aliphatic carboxylic acids is 1. The van der Waals surface area contributed by atoms with Crippen LogP contribution >= 0.6 is 11.8 Å². The molecule has 0 aromatic carbocycles. The fourth-order valence-electron chi connectivity index (χ4n) is 1.31. The molecule has 7 nitrogen and oxygen atoms in total. The van der Waals surface area contributed by atoms with Crippen LogP contribution in [0.25, 0.3) is 0 Å². The Morgan fingerprint density at radius 3 is 2.79 bits per heavy atom. The molecule has 104 valence electrons. The molecule has 0 aliphatic rings. The lowest BCUT2D eigenvalue weighted by molar-refractivity contribution is -0.139. The number of thioether (sulfide) groups is 1. The highest BCUT2D eigenvalue weighted by molar-refractivity contribution is 7.99. The average Bonchev–Trinajstić information content (AvgIpc) is 2.38. The first-order valence-corrected chi connectivity index (χ1v) is 6.87. The van der Waals surface area contributed by atoms with Crippen molar-refractivity contribution >= 4 is 23.6 Å². The zero-order valence-corrected chi connectivity index (χ0v) is 11.2. The Hall–Kier alpha value is -1.83. The summed E-state index contributed by atoms with van der Waals surface area (Å²) in [6, 6.07) is 1.44. The Morgan fingerprint density at radius 1 is 1.53 bits per heavy atom. The summed E-state index contributed by atoms with van der Waals surface area (Å²) in [7, 11) is 0. The Kier molecular flexibility index (Phi) is 6.07. The summed E-state index contributed by atoms with van der Waals surface area (Å²) >= 11 is 1.60. The maximum Gasteiger partial charge on any atom is 0.326 e. The molecule has 0 bridgehead atoms. The number of carboxylic acid groups (broad SMARTS) is 1. The molecule has 0 aliphatic heterocycles. The van der Waals surface area contributed by atoms with Gasteiger partial charge in [-0.1, -0.05) is 6.92 Å². The van der Waals surface area contributed by atoms with Crippen molar-refractivity contribution in [2.75, 3.05) is 11.5 Å². The van der Waals surface area contributed by atoms with Gasteiger partial charge in [0, 0.05) is 6.07 Å². The predicted molar refractivity (Wildman–Crippen MR) is 71.4 cm³/mol. The molecule has 0 spiro atoms. The highest BCUT2D eigenvalue weighted by Crippen LogP contribution is 2.05. The van der Waals surface area contributed by atoms with Crippen LogP contribution in [0.5, 0.6) is 0 Å². The van der Waals surface area contributed by atoms with Gasteiger partial charge in [0.2, 0.25) is 0 Å². The Balaban J connectivity index is 2.63. The standard InChI is InChI=1S/C11H15N3O4S/c1-2-19-6-5-8(11(17)18)12-10(16)7-3-4-9(15)14-13-7/h3-4,8H,2,5-6H2,1H3,(H,12,16)(H,14,15)(H,17,18). The molecule has 1 aromatic heterocycles. The highest BCUT2D eigenvalue weighted by Gasteiger charge is 2.20. The van der Waals surface area contributed by atoms with Crippen LogP contribution in [0.15, 0.2) is 16.9 Å². The molecular weight excluding hydrogens is 270 g/mol. The number of carboxylic acids is 1. The number of carbonyl (C=O) groups is 2.